The molecule has 1 aromatic carbocycles. The smallest absolute Gasteiger partial charge is 0.303 e. The Morgan fingerprint density at radius 2 is 2.00 bits per heavy atom. The third kappa shape index (κ3) is 3.03. The zero-order valence-corrected chi connectivity index (χ0v) is 12.8. The molecule has 0 bridgehead atoms. The summed E-state index contributed by atoms with van der Waals surface area (Å²) in [6.45, 7) is 0. The van der Waals surface area contributed by atoms with Crippen molar-refractivity contribution in [2.24, 2.45) is 5.92 Å². The number of carbonyl (C=O) groups is 1. The summed E-state index contributed by atoms with van der Waals surface area (Å²) in [4.78, 5) is 12.1. The van der Waals surface area contributed by atoms with E-state index in [4.69, 9.17) is 14.6 Å². The summed E-state index contributed by atoms with van der Waals surface area (Å²) in [5, 5.41) is 9.14. The second kappa shape index (κ2) is 6.39. The summed E-state index contributed by atoms with van der Waals surface area (Å²) in [6.07, 6.45) is 4.30. The zero-order valence-electron chi connectivity index (χ0n) is 12.0. The fourth-order valence-electron chi connectivity index (χ4n) is 2.63. The normalized spacial score (nSPS) is 15.8. The molecule has 0 spiro atoms. The molecule has 5 heteroatoms. The van der Waals surface area contributed by atoms with Crippen LogP contribution < -0.4 is 9.47 Å². The molecular weight excluding hydrogens is 276 g/mol. The third-order valence-electron chi connectivity index (χ3n) is 3.72. The fourth-order valence-corrected chi connectivity index (χ4v) is 3.20. The van der Waals surface area contributed by atoms with E-state index < -0.39 is 5.97 Å². The van der Waals surface area contributed by atoms with Gasteiger partial charge in [-0.3, -0.25) is 4.79 Å². The molecule has 1 fully saturated rings. The molecule has 110 valence electrons. The van der Waals surface area contributed by atoms with Crippen LogP contribution in [0.25, 0.3) is 0 Å². The highest BCUT2D eigenvalue weighted by atomic mass is 32.2. The standard InChI is InChI=1S/C15H20O4S/c1-18-14-10(6-7-12(20-3)15(14)19-2)11(8-13(16)17)9-4-5-9/h6-7,9,11H,4-5,8H2,1-3H3,(H,16,17). The number of hydrogen-bond acceptors (Lipinski definition) is 4. The van der Waals surface area contributed by atoms with Gasteiger partial charge in [-0.25, -0.2) is 0 Å². The maximum atomic E-state index is 11.1. The van der Waals surface area contributed by atoms with E-state index >= 15 is 0 Å². The van der Waals surface area contributed by atoms with Gasteiger partial charge in [0.15, 0.2) is 11.5 Å². The van der Waals surface area contributed by atoms with Gasteiger partial charge in [0.05, 0.1) is 25.5 Å². The van der Waals surface area contributed by atoms with Crippen LogP contribution in [0.1, 0.15) is 30.7 Å². The lowest BCUT2D eigenvalue weighted by molar-refractivity contribution is -0.137. The van der Waals surface area contributed by atoms with E-state index in [0.717, 1.165) is 23.3 Å². The second-order valence-electron chi connectivity index (χ2n) is 4.97. The van der Waals surface area contributed by atoms with Crippen molar-refractivity contribution in [2.45, 2.75) is 30.1 Å². The molecule has 0 heterocycles. The van der Waals surface area contributed by atoms with Crippen molar-refractivity contribution in [2.75, 3.05) is 20.5 Å². The van der Waals surface area contributed by atoms with Crippen LogP contribution in [0.4, 0.5) is 0 Å². The van der Waals surface area contributed by atoms with Crippen molar-refractivity contribution in [3.05, 3.63) is 17.7 Å². The van der Waals surface area contributed by atoms with Crippen LogP contribution >= 0.6 is 11.8 Å². The average Bonchev–Trinajstić information content (AvgIpc) is 3.27. The van der Waals surface area contributed by atoms with E-state index in [9.17, 15) is 4.79 Å². The first-order chi connectivity index (χ1) is 9.62. The summed E-state index contributed by atoms with van der Waals surface area (Å²) < 4.78 is 11.0. The maximum Gasteiger partial charge on any atom is 0.303 e. The molecule has 0 aromatic heterocycles. The van der Waals surface area contributed by atoms with Crippen molar-refractivity contribution >= 4 is 17.7 Å². The van der Waals surface area contributed by atoms with Crippen molar-refractivity contribution in [3.63, 3.8) is 0 Å². The van der Waals surface area contributed by atoms with Gasteiger partial charge in [-0.05, 0) is 31.1 Å². The lowest BCUT2D eigenvalue weighted by atomic mass is 9.90. The van der Waals surface area contributed by atoms with Crippen LogP contribution in [-0.4, -0.2) is 31.6 Å². The minimum absolute atomic E-state index is 0.00672. The molecule has 1 atom stereocenters. The fraction of sp³-hybridized carbons (Fsp3) is 0.533. The average molecular weight is 296 g/mol. The Bertz CT molecular complexity index is 497. The van der Waals surface area contributed by atoms with Crippen molar-refractivity contribution in [1.29, 1.82) is 0 Å². The highest BCUT2D eigenvalue weighted by Gasteiger charge is 2.36. The number of carboxylic acid groups (broad SMARTS) is 1. The number of aliphatic carboxylic acids is 1. The Morgan fingerprint density at radius 1 is 1.35 bits per heavy atom. The van der Waals surface area contributed by atoms with E-state index in [1.807, 2.05) is 18.4 Å². The SMILES string of the molecule is COc1c(SC)ccc(C(CC(=O)O)C2CC2)c1OC. The van der Waals surface area contributed by atoms with Crippen LogP contribution in [0.3, 0.4) is 0 Å². The molecule has 20 heavy (non-hydrogen) atoms. The second-order valence-corrected chi connectivity index (χ2v) is 5.81. The largest absolute Gasteiger partial charge is 0.493 e. The van der Waals surface area contributed by atoms with E-state index in [1.54, 1.807) is 26.0 Å². The summed E-state index contributed by atoms with van der Waals surface area (Å²) >= 11 is 1.59. The molecule has 2 rings (SSSR count). The predicted molar refractivity (Wildman–Crippen MR) is 79.0 cm³/mol. The Morgan fingerprint density at radius 3 is 2.45 bits per heavy atom. The van der Waals surface area contributed by atoms with E-state index in [0.29, 0.717) is 17.4 Å². The minimum Gasteiger partial charge on any atom is -0.493 e. The quantitative estimate of drug-likeness (QED) is 0.782. The first-order valence-corrected chi connectivity index (χ1v) is 7.85. The molecule has 0 radical (unpaired) electrons. The van der Waals surface area contributed by atoms with E-state index in [-0.39, 0.29) is 12.3 Å². The molecule has 1 aliphatic carbocycles. The van der Waals surface area contributed by atoms with Gasteiger partial charge in [0, 0.05) is 11.5 Å². The lowest BCUT2D eigenvalue weighted by Gasteiger charge is -2.21. The van der Waals surface area contributed by atoms with E-state index in [1.165, 1.54) is 0 Å². The number of carboxylic acids is 1. The highest BCUT2D eigenvalue weighted by molar-refractivity contribution is 7.98. The van der Waals surface area contributed by atoms with Gasteiger partial charge >= 0.3 is 5.97 Å². The summed E-state index contributed by atoms with van der Waals surface area (Å²) in [6, 6.07) is 3.97. The van der Waals surface area contributed by atoms with Crippen LogP contribution in [-0.2, 0) is 4.79 Å². The lowest BCUT2D eigenvalue weighted by Crippen LogP contribution is -2.10. The minimum atomic E-state index is -0.767. The van der Waals surface area contributed by atoms with E-state index in [2.05, 4.69) is 0 Å². The molecule has 4 nitrogen and oxygen atoms in total. The molecule has 1 aliphatic rings. The molecule has 0 saturated heterocycles. The van der Waals surface area contributed by atoms with Gasteiger partial charge in [0.2, 0.25) is 0 Å². The monoisotopic (exact) mass is 296 g/mol. The molecule has 1 saturated carbocycles. The topological polar surface area (TPSA) is 55.8 Å². The summed E-state index contributed by atoms with van der Waals surface area (Å²) in [7, 11) is 3.22. The maximum absolute atomic E-state index is 11.1. The molecule has 0 amide bonds. The van der Waals surface area contributed by atoms with Gasteiger partial charge in [-0.15, -0.1) is 11.8 Å². The number of methoxy groups -OCH3 is 2. The Kier molecular flexibility index (Phi) is 4.81. The molecule has 0 aliphatic heterocycles. The van der Waals surface area contributed by atoms with Gasteiger partial charge in [-0.1, -0.05) is 6.07 Å². The number of hydrogen-bond donors (Lipinski definition) is 1. The van der Waals surface area contributed by atoms with Gasteiger partial charge < -0.3 is 14.6 Å². The Balaban J connectivity index is 2.45. The number of rotatable bonds is 7. The summed E-state index contributed by atoms with van der Waals surface area (Å²) in [5.41, 5.74) is 0.951. The summed E-state index contributed by atoms with van der Waals surface area (Å²) in [5.74, 6) is 1.07. The first-order valence-electron chi connectivity index (χ1n) is 6.63. The molecule has 1 aromatic rings. The van der Waals surface area contributed by atoms with Crippen LogP contribution in [0.5, 0.6) is 11.5 Å². The van der Waals surface area contributed by atoms with Crippen LogP contribution in [0.15, 0.2) is 17.0 Å². The van der Waals surface area contributed by atoms with Gasteiger partial charge in [0.25, 0.3) is 0 Å². The predicted octanol–water partition coefficient (Wildman–Crippen LogP) is 3.39. The number of thioether (sulfide) groups is 1. The van der Waals surface area contributed by atoms with Crippen LogP contribution in [0, 0.1) is 5.92 Å². The number of benzene rings is 1. The Hall–Kier alpha value is -1.36. The highest BCUT2D eigenvalue weighted by Crippen LogP contribution is 2.50. The zero-order chi connectivity index (χ0) is 14.7. The van der Waals surface area contributed by atoms with Crippen molar-refractivity contribution in [1.82, 2.24) is 0 Å². The molecule has 1 unspecified atom stereocenters. The van der Waals surface area contributed by atoms with Crippen LogP contribution in [0.2, 0.25) is 0 Å². The molecular formula is C15H20O4S. The van der Waals surface area contributed by atoms with Crippen molar-refractivity contribution in [3.8, 4) is 11.5 Å². The Labute approximate surface area is 123 Å². The van der Waals surface area contributed by atoms with Gasteiger partial charge in [0.1, 0.15) is 0 Å². The van der Waals surface area contributed by atoms with Gasteiger partial charge in [-0.2, -0.15) is 0 Å². The van der Waals surface area contributed by atoms with Crippen molar-refractivity contribution < 1.29 is 19.4 Å². The third-order valence-corrected chi connectivity index (χ3v) is 4.48. The molecule has 1 N–H and O–H groups in total. The number of ether oxygens (including phenoxy) is 2. The first kappa shape index (κ1) is 15.0.